The van der Waals surface area contributed by atoms with E-state index >= 15 is 0 Å². The van der Waals surface area contributed by atoms with Gasteiger partial charge in [0.25, 0.3) is 0 Å². The number of hydrogen-bond donors (Lipinski definition) is 1. The molecule has 1 saturated heterocycles. The lowest BCUT2D eigenvalue weighted by molar-refractivity contribution is -0.126. The Morgan fingerprint density at radius 1 is 1.09 bits per heavy atom. The first-order valence-electron chi connectivity index (χ1n) is 11.5. The number of anilines is 2. The zero-order valence-electron chi connectivity index (χ0n) is 19.0. The Hall–Kier alpha value is -3.25. The number of nitrogens with one attached hydrogen (secondary N) is 1. The smallest absolute Gasteiger partial charge is 0.225 e. The average Bonchev–Trinajstić information content (AvgIpc) is 2.86. The molecule has 5 nitrogen and oxygen atoms in total. The van der Waals surface area contributed by atoms with E-state index in [0.29, 0.717) is 24.5 Å². The lowest BCUT2D eigenvalue weighted by atomic mass is 9.83. The molecule has 0 bridgehead atoms. The SMILES string of the molecule is COc1ccc(Cl)cc1N1CCN2c3ccccc3C[C@@H](C(=O)NCc3cccc(F)c3)[C@@H]2C1. The highest BCUT2D eigenvalue weighted by Gasteiger charge is 2.41. The van der Waals surface area contributed by atoms with E-state index in [-0.39, 0.29) is 23.7 Å². The molecule has 0 aromatic heterocycles. The fourth-order valence-corrected chi connectivity index (χ4v) is 5.32. The normalized spacial score (nSPS) is 19.3. The number of piperazine rings is 1. The molecule has 1 fully saturated rings. The van der Waals surface area contributed by atoms with E-state index < -0.39 is 0 Å². The van der Waals surface area contributed by atoms with E-state index in [1.165, 1.54) is 23.4 Å². The monoisotopic (exact) mass is 479 g/mol. The van der Waals surface area contributed by atoms with Gasteiger partial charge in [0.1, 0.15) is 11.6 Å². The van der Waals surface area contributed by atoms with E-state index in [1.807, 2.05) is 36.4 Å². The van der Waals surface area contributed by atoms with Crippen molar-refractivity contribution in [1.82, 2.24) is 5.32 Å². The molecule has 0 spiro atoms. The van der Waals surface area contributed by atoms with E-state index in [9.17, 15) is 9.18 Å². The van der Waals surface area contributed by atoms with Crippen molar-refractivity contribution in [3.63, 3.8) is 0 Å². The summed E-state index contributed by atoms with van der Waals surface area (Å²) in [6, 6.07) is 20.3. The molecule has 0 saturated carbocycles. The molecule has 34 heavy (non-hydrogen) atoms. The molecule has 5 rings (SSSR count). The van der Waals surface area contributed by atoms with Crippen LogP contribution in [0.25, 0.3) is 0 Å². The standard InChI is InChI=1S/C27H27ClFN3O2/c1-34-26-10-9-20(28)15-24(26)31-11-12-32-23-8-3-2-6-19(23)14-22(25(32)17-31)27(33)30-16-18-5-4-7-21(29)13-18/h2-10,13,15,22,25H,11-12,14,16-17H2,1H3,(H,30,33)/t22-,25+/m1/s1. The number of carbonyl (C=O) groups excluding carboxylic acids is 1. The van der Waals surface area contributed by atoms with Gasteiger partial charge in [0.2, 0.25) is 5.91 Å². The molecule has 2 heterocycles. The van der Waals surface area contributed by atoms with Crippen LogP contribution in [0.15, 0.2) is 66.7 Å². The minimum absolute atomic E-state index is 0.0140. The molecule has 2 aliphatic heterocycles. The van der Waals surface area contributed by atoms with Gasteiger partial charge in [-0.15, -0.1) is 0 Å². The number of nitrogens with zero attached hydrogens (tertiary/aromatic N) is 2. The topological polar surface area (TPSA) is 44.8 Å². The molecule has 0 unspecified atom stereocenters. The van der Waals surface area contributed by atoms with Gasteiger partial charge < -0.3 is 19.9 Å². The number of hydrogen-bond acceptors (Lipinski definition) is 4. The van der Waals surface area contributed by atoms with Gasteiger partial charge in [-0.1, -0.05) is 41.9 Å². The molecule has 2 aliphatic rings. The lowest BCUT2D eigenvalue weighted by Gasteiger charge is -2.49. The summed E-state index contributed by atoms with van der Waals surface area (Å²) in [6.07, 6.45) is 0.660. The molecule has 0 radical (unpaired) electrons. The van der Waals surface area contributed by atoms with Gasteiger partial charge in [-0.3, -0.25) is 4.79 Å². The minimum atomic E-state index is -0.303. The van der Waals surface area contributed by atoms with Gasteiger partial charge in [0.15, 0.2) is 0 Å². The first-order chi connectivity index (χ1) is 16.5. The van der Waals surface area contributed by atoms with Crippen LogP contribution in [0.3, 0.4) is 0 Å². The van der Waals surface area contributed by atoms with Crippen molar-refractivity contribution in [1.29, 1.82) is 0 Å². The number of ether oxygens (including phenoxy) is 1. The largest absolute Gasteiger partial charge is 0.495 e. The van der Waals surface area contributed by atoms with Crippen LogP contribution in [0, 0.1) is 11.7 Å². The third-order valence-corrected chi connectivity index (χ3v) is 7.03. The van der Waals surface area contributed by atoms with Crippen LogP contribution in [0.1, 0.15) is 11.1 Å². The highest BCUT2D eigenvalue weighted by Crippen LogP contribution is 2.39. The summed E-state index contributed by atoms with van der Waals surface area (Å²) in [5, 5.41) is 3.70. The summed E-state index contributed by atoms with van der Waals surface area (Å²) >= 11 is 6.30. The van der Waals surface area contributed by atoms with E-state index in [0.717, 1.165) is 30.1 Å². The van der Waals surface area contributed by atoms with Crippen LogP contribution in [-0.4, -0.2) is 38.7 Å². The van der Waals surface area contributed by atoms with Gasteiger partial charge >= 0.3 is 0 Å². The molecule has 2 atom stereocenters. The Labute approximate surface area is 204 Å². The Morgan fingerprint density at radius 2 is 1.94 bits per heavy atom. The zero-order valence-corrected chi connectivity index (χ0v) is 19.8. The molecule has 0 aliphatic carbocycles. The van der Waals surface area contributed by atoms with Gasteiger partial charge in [-0.2, -0.15) is 0 Å². The number of para-hydroxylation sites is 1. The van der Waals surface area contributed by atoms with Crippen LogP contribution < -0.4 is 19.9 Å². The van der Waals surface area contributed by atoms with Gasteiger partial charge in [-0.05, 0) is 53.9 Å². The van der Waals surface area contributed by atoms with Crippen LogP contribution in [0.5, 0.6) is 5.75 Å². The van der Waals surface area contributed by atoms with E-state index in [4.69, 9.17) is 16.3 Å². The minimum Gasteiger partial charge on any atom is -0.495 e. The number of fused-ring (bicyclic) bond motifs is 3. The Balaban J connectivity index is 1.42. The predicted molar refractivity (Wildman–Crippen MR) is 133 cm³/mol. The second kappa shape index (κ2) is 9.55. The summed E-state index contributed by atoms with van der Waals surface area (Å²) < 4.78 is 19.2. The summed E-state index contributed by atoms with van der Waals surface area (Å²) in [6.45, 7) is 2.54. The highest BCUT2D eigenvalue weighted by molar-refractivity contribution is 6.31. The van der Waals surface area contributed by atoms with E-state index in [1.54, 1.807) is 13.2 Å². The van der Waals surface area contributed by atoms with Crippen LogP contribution >= 0.6 is 11.6 Å². The zero-order chi connectivity index (χ0) is 23.7. The molecular formula is C27H27ClFN3O2. The fraction of sp³-hybridized carbons (Fsp3) is 0.296. The second-order valence-corrected chi connectivity index (χ2v) is 9.25. The van der Waals surface area contributed by atoms with Crippen LogP contribution in [-0.2, 0) is 17.8 Å². The maximum Gasteiger partial charge on any atom is 0.225 e. The fourth-order valence-electron chi connectivity index (χ4n) is 5.15. The number of rotatable bonds is 5. The number of halogens is 2. The Kier molecular flexibility index (Phi) is 6.33. The van der Waals surface area contributed by atoms with Crippen molar-refractivity contribution in [3.8, 4) is 5.75 Å². The Bertz CT molecular complexity index is 1200. The summed E-state index contributed by atoms with van der Waals surface area (Å²) in [4.78, 5) is 18.1. The second-order valence-electron chi connectivity index (χ2n) is 8.81. The van der Waals surface area contributed by atoms with Crippen molar-refractivity contribution in [3.05, 3.63) is 88.7 Å². The van der Waals surface area contributed by atoms with Crippen LogP contribution in [0.2, 0.25) is 5.02 Å². The third-order valence-electron chi connectivity index (χ3n) is 6.80. The third kappa shape index (κ3) is 4.42. The van der Waals surface area contributed by atoms with Crippen molar-refractivity contribution in [2.75, 3.05) is 36.5 Å². The predicted octanol–water partition coefficient (Wildman–Crippen LogP) is 4.67. The molecular weight excluding hydrogens is 453 g/mol. The molecule has 7 heteroatoms. The molecule has 176 valence electrons. The van der Waals surface area contributed by atoms with Gasteiger partial charge in [0, 0.05) is 36.9 Å². The number of amides is 1. The quantitative estimate of drug-likeness (QED) is 0.577. The van der Waals surface area contributed by atoms with Crippen molar-refractivity contribution in [2.45, 2.75) is 19.0 Å². The van der Waals surface area contributed by atoms with Crippen molar-refractivity contribution >= 4 is 28.9 Å². The van der Waals surface area contributed by atoms with Gasteiger partial charge in [0.05, 0.1) is 24.8 Å². The maximum atomic E-state index is 13.6. The van der Waals surface area contributed by atoms with Gasteiger partial charge in [-0.25, -0.2) is 4.39 Å². The first-order valence-corrected chi connectivity index (χ1v) is 11.9. The summed E-state index contributed by atoms with van der Waals surface area (Å²) in [5.74, 6) is 0.203. The number of benzene rings is 3. The molecule has 1 N–H and O–H groups in total. The van der Waals surface area contributed by atoms with Crippen molar-refractivity contribution < 1.29 is 13.9 Å². The summed E-state index contributed by atoms with van der Waals surface area (Å²) in [5.41, 5.74) is 4.06. The molecule has 3 aromatic rings. The highest BCUT2D eigenvalue weighted by atomic mass is 35.5. The lowest BCUT2D eigenvalue weighted by Crippen LogP contribution is -2.61. The number of carbonyl (C=O) groups is 1. The van der Waals surface area contributed by atoms with Crippen molar-refractivity contribution in [2.24, 2.45) is 5.92 Å². The average molecular weight is 480 g/mol. The first kappa shape index (κ1) is 22.5. The van der Waals surface area contributed by atoms with Crippen LogP contribution in [0.4, 0.5) is 15.8 Å². The Morgan fingerprint density at radius 3 is 2.76 bits per heavy atom. The number of methoxy groups -OCH3 is 1. The maximum absolute atomic E-state index is 13.6. The van der Waals surface area contributed by atoms with E-state index in [2.05, 4.69) is 27.2 Å². The molecule has 3 aromatic carbocycles. The molecule has 1 amide bonds. The summed E-state index contributed by atoms with van der Waals surface area (Å²) in [7, 11) is 1.66.